The number of nitrogens with zero attached hydrogens (tertiary/aromatic N) is 1. The lowest BCUT2D eigenvalue weighted by Gasteiger charge is -2.43. The van der Waals surface area contributed by atoms with E-state index in [1.807, 2.05) is 35.2 Å². The van der Waals surface area contributed by atoms with Crippen LogP contribution in [0.3, 0.4) is 0 Å². The smallest absolute Gasteiger partial charge is 0.313 e. The number of carboxylic acids is 1. The number of halogens is 2. The highest BCUT2D eigenvalue weighted by Gasteiger charge is 2.48. The molecule has 1 aliphatic rings. The zero-order valence-electron chi connectivity index (χ0n) is 15.7. The highest BCUT2D eigenvalue weighted by molar-refractivity contribution is 5.76. The molecule has 1 aliphatic heterocycles. The molecule has 1 saturated heterocycles. The van der Waals surface area contributed by atoms with Gasteiger partial charge >= 0.3 is 5.97 Å². The predicted octanol–water partition coefficient (Wildman–Crippen LogP) is 3.63. The average Bonchev–Trinajstić information content (AvgIpc) is 2.68. The van der Waals surface area contributed by atoms with Gasteiger partial charge in [0.15, 0.2) is 11.6 Å². The Labute approximate surface area is 163 Å². The largest absolute Gasteiger partial charge is 0.481 e. The highest BCUT2D eigenvalue weighted by Crippen LogP contribution is 2.36. The first-order valence-electron chi connectivity index (χ1n) is 9.52. The van der Waals surface area contributed by atoms with Crippen LogP contribution in [0.2, 0.25) is 0 Å². The van der Waals surface area contributed by atoms with Gasteiger partial charge in [-0.2, -0.15) is 0 Å². The van der Waals surface area contributed by atoms with Gasteiger partial charge in [0.25, 0.3) is 0 Å². The number of aliphatic hydroxyl groups is 1. The van der Waals surface area contributed by atoms with Crippen LogP contribution in [0.5, 0.6) is 0 Å². The van der Waals surface area contributed by atoms with E-state index < -0.39 is 29.1 Å². The summed E-state index contributed by atoms with van der Waals surface area (Å²) in [4.78, 5) is 14.0. The summed E-state index contributed by atoms with van der Waals surface area (Å²) in [6.07, 6.45) is 1.15. The monoisotopic (exact) mass is 389 g/mol. The molecule has 0 aromatic heterocycles. The SMILES string of the molecule is O=C(O)[C@]1(CCCc2ccccc2)CN(Cc2ccc(F)c(F)c2)CC[C@@H]1O. The molecule has 2 atom stereocenters. The summed E-state index contributed by atoms with van der Waals surface area (Å²) in [6, 6.07) is 13.5. The van der Waals surface area contributed by atoms with Crippen LogP contribution >= 0.6 is 0 Å². The minimum atomic E-state index is -1.26. The topological polar surface area (TPSA) is 60.8 Å². The number of carboxylic acid groups (broad SMARTS) is 1. The quantitative estimate of drug-likeness (QED) is 0.759. The maximum Gasteiger partial charge on any atom is 0.313 e. The maximum absolute atomic E-state index is 13.5. The zero-order valence-corrected chi connectivity index (χ0v) is 15.7. The number of rotatable bonds is 7. The van der Waals surface area contributed by atoms with Gasteiger partial charge in [0, 0.05) is 19.6 Å². The first kappa shape index (κ1) is 20.4. The second-order valence-corrected chi connectivity index (χ2v) is 7.56. The Morgan fingerprint density at radius 3 is 2.54 bits per heavy atom. The number of aliphatic hydroxyl groups excluding tert-OH is 1. The molecule has 0 unspecified atom stereocenters. The van der Waals surface area contributed by atoms with E-state index in [9.17, 15) is 23.8 Å². The molecule has 0 saturated carbocycles. The summed E-state index contributed by atoms with van der Waals surface area (Å²) in [5, 5.41) is 20.5. The van der Waals surface area contributed by atoms with Crippen molar-refractivity contribution in [2.24, 2.45) is 5.41 Å². The molecule has 2 aromatic carbocycles. The van der Waals surface area contributed by atoms with Crippen molar-refractivity contribution in [1.82, 2.24) is 4.90 Å². The lowest BCUT2D eigenvalue weighted by molar-refractivity contribution is -0.164. The second-order valence-electron chi connectivity index (χ2n) is 7.56. The molecule has 28 heavy (non-hydrogen) atoms. The van der Waals surface area contributed by atoms with Gasteiger partial charge in [0.05, 0.1) is 6.10 Å². The molecule has 0 radical (unpaired) electrons. The van der Waals surface area contributed by atoms with Crippen LogP contribution < -0.4 is 0 Å². The van der Waals surface area contributed by atoms with E-state index in [0.717, 1.165) is 24.1 Å². The van der Waals surface area contributed by atoms with E-state index in [1.165, 1.54) is 6.07 Å². The third kappa shape index (κ3) is 4.56. The van der Waals surface area contributed by atoms with Crippen LogP contribution in [0.4, 0.5) is 8.78 Å². The van der Waals surface area contributed by atoms with Crippen molar-refractivity contribution in [2.45, 2.75) is 38.3 Å². The number of aliphatic carboxylic acids is 1. The zero-order chi connectivity index (χ0) is 20.1. The van der Waals surface area contributed by atoms with Crippen molar-refractivity contribution in [1.29, 1.82) is 0 Å². The Balaban J connectivity index is 1.69. The van der Waals surface area contributed by atoms with Crippen LogP contribution in [-0.4, -0.2) is 40.3 Å². The standard InChI is InChI=1S/C22H25F2NO3/c23-18-9-8-17(13-19(18)24)14-25-12-10-20(26)22(15-25,21(27)28)11-4-7-16-5-2-1-3-6-16/h1-3,5-6,8-9,13,20,26H,4,7,10-12,14-15H2,(H,27,28)/t20-,22+/m0/s1. The van der Waals surface area contributed by atoms with Gasteiger partial charge < -0.3 is 10.2 Å². The van der Waals surface area contributed by atoms with Gasteiger partial charge in [-0.05, 0) is 48.9 Å². The van der Waals surface area contributed by atoms with Crippen LogP contribution in [0, 0.1) is 17.0 Å². The van der Waals surface area contributed by atoms with Gasteiger partial charge in [-0.15, -0.1) is 0 Å². The van der Waals surface area contributed by atoms with Gasteiger partial charge in [-0.1, -0.05) is 36.4 Å². The minimum Gasteiger partial charge on any atom is -0.481 e. The molecule has 150 valence electrons. The highest BCUT2D eigenvalue weighted by atomic mass is 19.2. The Kier molecular flexibility index (Phi) is 6.42. The second kappa shape index (κ2) is 8.80. The van der Waals surface area contributed by atoms with Crippen molar-refractivity contribution >= 4 is 5.97 Å². The molecule has 2 aromatic rings. The number of carbonyl (C=O) groups is 1. The number of benzene rings is 2. The Morgan fingerprint density at radius 2 is 1.86 bits per heavy atom. The molecular formula is C22H25F2NO3. The Bertz CT molecular complexity index is 815. The van der Waals surface area contributed by atoms with Gasteiger partial charge in [0.1, 0.15) is 5.41 Å². The molecule has 1 fully saturated rings. The number of likely N-dealkylation sites (tertiary alicyclic amines) is 1. The molecule has 6 heteroatoms. The van der Waals surface area contributed by atoms with E-state index in [0.29, 0.717) is 37.9 Å². The predicted molar refractivity (Wildman–Crippen MR) is 102 cm³/mol. The summed E-state index contributed by atoms with van der Waals surface area (Å²) >= 11 is 0. The van der Waals surface area contributed by atoms with E-state index in [1.54, 1.807) is 0 Å². The number of aryl methyl sites for hydroxylation is 1. The van der Waals surface area contributed by atoms with Crippen molar-refractivity contribution in [3.05, 3.63) is 71.3 Å². The molecular weight excluding hydrogens is 364 g/mol. The average molecular weight is 389 g/mol. The minimum absolute atomic E-state index is 0.178. The number of hydrogen-bond donors (Lipinski definition) is 2. The van der Waals surface area contributed by atoms with Crippen molar-refractivity contribution in [3.63, 3.8) is 0 Å². The first-order chi connectivity index (χ1) is 13.4. The van der Waals surface area contributed by atoms with Gasteiger partial charge in [-0.3, -0.25) is 9.69 Å². The molecule has 4 nitrogen and oxygen atoms in total. The third-order valence-electron chi connectivity index (χ3n) is 5.61. The summed E-state index contributed by atoms with van der Waals surface area (Å²) in [6.45, 7) is 1.00. The number of piperidine rings is 1. The molecule has 0 bridgehead atoms. The molecule has 3 rings (SSSR count). The summed E-state index contributed by atoms with van der Waals surface area (Å²) in [5.74, 6) is -2.83. The molecule has 1 heterocycles. The Hall–Kier alpha value is -2.31. The lowest BCUT2D eigenvalue weighted by atomic mass is 9.73. The maximum atomic E-state index is 13.5. The lowest BCUT2D eigenvalue weighted by Crippen LogP contribution is -2.55. The Morgan fingerprint density at radius 1 is 1.11 bits per heavy atom. The van der Waals surface area contributed by atoms with Crippen LogP contribution in [0.25, 0.3) is 0 Å². The molecule has 0 amide bonds. The third-order valence-corrected chi connectivity index (χ3v) is 5.61. The van der Waals surface area contributed by atoms with E-state index in [4.69, 9.17) is 0 Å². The molecule has 0 aliphatic carbocycles. The van der Waals surface area contributed by atoms with E-state index >= 15 is 0 Å². The summed E-state index contributed by atoms with van der Waals surface area (Å²) < 4.78 is 26.6. The van der Waals surface area contributed by atoms with Crippen molar-refractivity contribution < 1.29 is 23.8 Å². The summed E-state index contributed by atoms with van der Waals surface area (Å²) in [7, 11) is 0. The van der Waals surface area contributed by atoms with Gasteiger partial charge in [-0.25, -0.2) is 8.78 Å². The normalized spacial score (nSPS) is 22.9. The van der Waals surface area contributed by atoms with Crippen LogP contribution in [-0.2, 0) is 17.8 Å². The fourth-order valence-electron chi connectivity index (χ4n) is 4.01. The van der Waals surface area contributed by atoms with Crippen molar-refractivity contribution in [2.75, 3.05) is 13.1 Å². The molecule has 2 N–H and O–H groups in total. The van der Waals surface area contributed by atoms with Crippen LogP contribution in [0.15, 0.2) is 48.5 Å². The van der Waals surface area contributed by atoms with Gasteiger partial charge in [0.2, 0.25) is 0 Å². The first-order valence-corrected chi connectivity index (χ1v) is 9.52. The fourth-order valence-corrected chi connectivity index (χ4v) is 4.01. The molecule has 0 spiro atoms. The van der Waals surface area contributed by atoms with E-state index in [2.05, 4.69) is 0 Å². The number of hydrogen-bond acceptors (Lipinski definition) is 3. The van der Waals surface area contributed by atoms with Crippen LogP contribution in [0.1, 0.15) is 30.4 Å². The van der Waals surface area contributed by atoms with E-state index in [-0.39, 0.29) is 6.54 Å². The fraction of sp³-hybridized carbons (Fsp3) is 0.409. The summed E-state index contributed by atoms with van der Waals surface area (Å²) in [5.41, 5.74) is 0.455. The van der Waals surface area contributed by atoms with Crippen molar-refractivity contribution in [3.8, 4) is 0 Å².